The van der Waals surface area contributed by atoms with Gasteiger partial charge >= 0.3 is 0 Å². The molecule has 1 N–H and O–H groups in total. The molecule has 0 saturated carbocycles. The molecule has 6 heteroatoms. The maximum absolute atomic E-state index is 12.4. The van der Waals surface area contributed by atoms with Gasteiger partial charge in [-0.25, -0.2) is 10.4 Å². The lowest BCUT2D eigenvalue weighted by Crippen LogP contribution is -2.20. The molecule has 0 aliphatic rings. The van der Waals surface area contributed by atoms with Crippen molar-refractivity contribution >= 4 is 29.4 Å². The second-order valence-corrected chi connectivity index (χ2v) is 5.61. The summed E-state index contributed by atoms with van der Waals surface area (Å²) in [5, 5.41) is 4.55. The Morgan fingerprint density at radius 3 is 2.87 bits per heavy atom. The summed E-state index contributed by atoms with van der Waals surface area (Å²) < 4.78 is 1.75. The number of rotatable bonds is 3. The molecule has 23 heavy (non-hydrogen) atoms. The van der Waals surface area contributed by atoms with Crippen LogP contribution in [0.1, 0.15) is 27.3 Å². The molecule has 1 aromatic carbocycles. The van der Waals surface area contributed by atoms with Crippen LogP contribution in [0, 0.1) is 13.8 Å². The molecule has 0 spiro atoms. The molecule has 3 rings (SSSR count). The highest BCUT2D eigenvalue weighted by Crippen LogP contribution is 2.14. The molecule has 3 aromatic rings. The summed E-state index contributed by atoms with van der Waals surface area (Å²) in [6, 6.07) is 11.1. The summed E-state index contributed by atoms with van der Waals surface area (Å²) in [6.45, 7) is 3.78. The van der Waals surface area contributed by atoms with Crippen LogP contribution in [0.5, 0.6) is 0 Å². The van der Waals surface area contributed by atoms with E-state index < -0.39 is 0 Å². The van der Waals surface area contributed by atoms with E-state index in [1.165, 1.54) is 6.21 Å². The Morgan fingerprint density at radius 2 is 2.09 bits per heavy atom. The Morgan fingerprint density at radius 1 is 1.30 bits per heavy atom. The lowest BCUT2D eigenvalue weighted by Gasteiger charge is -2.02. The van der Waals surface area contributed by atoms with Gasteiger partial charge in [0.1, 0.15) is 11.3 Å². The number of hydrogen-bond acceptors (Lipinski definition) is 3. The molecule has 0 aliphatic carbocycles. The number of aromatic nitrogens is 2. The van der Waals surface area contributed by atoms with Crippen LogP contribution in [0.3, 0.4) is 0 Å². The van der Waals surface area contributed by atoms with E-state index in [0.717, 1.165) is 16.8 Å². The van der Waals surface area contributed by atoms with E-state index in [4.69, 9.17) is 11.6 Å². The van der Waals surface area contributed by atoms with Crippen molar-refractivity contribution in [3.8, 4) is 0 Å². The number of fused-ring (bicyclic) bond motifs is 1. The fourth-order valence-corrected chi connectivity index (χ4v) is 2.52. The number of aryl methyl sites for hydroxylation is 2. The van der Waals surface area contributed by atoms with Gasteiger partial charge in [-0.1, -0.05) is 29.8 Å². The van der Waals surface area contributed by atoms with Crippen LogP contribution in [-0.2, 0) is 0 Å². The summed E-state index contributed by atoms with van der Waals surface area (Å²) in [6.07, 6.45) is 3.35. The predicted octanol–water partition coefficient (Wildman–Crippen LogP) is 3.37. The molecule has 0 unspecified atom stereocenters. The van der Waals surface area contributed by atoms with Crippen LogP contribution < -0.4 is 5.43 Å². The van der Waals surface area contributed by atoms with Crippen molar-refractivity contribution in [2.45, 2.75) is 13.8 Å². The van der Waals surface area contributed by atoms with E-state index in [0.29, 0.717) is 16.4 Å². The normalized spacial score (nSPS) is 11.3. The highest BCUT2D eigenvalue weighted by atomic mass is 35.5. The first-order valence-electron chi connectivity index (χ1n) is 7.09. The first kappa shape index (κ1) is 15.2. The third-order valence-corrected chi connectivity index (χ3v) is 3.79. The molecule has 0 saturated heterocycles. The number of nitrogens with one attached hydrogen (secondary N) is 1. The molecule has 5 nitrogen and oxygen atoms in total. The summed E-state index contributed by atoms with van der Waals surface area (Å²) in [5.41, 5.74) is 6.21. The average Bonchev–Trinajstić information content (AvgIpc) is 2.84. The van der Waals surface area contributed by atoms with Crippen molar-refractivity contribution in [2.75, 3.05) is 0 Å². The van der Waals surface area contributed by atoms with Gasteiger partial charge in [-0.2, -0.15) is 5.10 Å². The number of nitrogens with zero attached hydrogens (tertiary/aromatic N) is 3. The number of hydrogen-bond donors (Lipinski definition) is 1. The van der Waals surface area contributed by atoms with Gasteiger partial charge in [0.25, 0.3) is 5.91 Å². The zero-order valence-corrected chi connectivity index (χ0v) is 13.5. The number of halogens is 1. The van der Waals surface area contributed by atoms with Crippen LogP contribution in [0.4, 0.5) is 0 Å². The van der Waals surface area contributed by atoms with Gasteiger partial charge in [-0.05, 0) is 37.6 Å². The van der Waals surface area contributed by atoms with Crippen LogP contribution in [-0.4, -0.2) is 21.5 Å². The molecule has 116 valence electrons. The lowest BCUT2D eigenvalue weighted by molar-refractivity contribution is 0.0948. The number of carbonyl (C=O) groups excluding carboxylic acids is 1. The Balaban J connectivity index is 1.84. The summed E-state index contributed by atoms with van der Waals surface area (Å²) in [4.78, 5) is 16.8. The third kappa shape index (κ3) is 3.10. The predicted molar refractivity (Wildman–Crippen MR) is 91.2 cm³/mol. The van der Waals surface area contributed by atoms with Gasteiger partial charge in [0.15, 0.2) is 0 Å². The quantitative estimate of drug-likeness (QED) is 0.592. The van der Waals surface area contributed by atoms with Crippen LogP contribution >= 0.6 is 11.6 Å². The third-order valence-electron chi connectivity index (χ3n) is 3.45. The topological polar surface area (TPSA) is 58.8 Å². The van der Waals surface area contributed by atoms with E-state index in [2.05, 4.69) is 15.5 Å². The molecule has 0 bridgehead atoms. The Bertz CT molecular complexity index is 914. The van der Waals surface area contributed by atoms with Crippen LogP contribution in [0.15, 0.2) is 47.7 Å². The first-order chi connectivity index (χ1) is 11.1. The fourth-order valence-electron chi connectivity index (χ4n) is 2.33. The monoisotopic (exact) mass is 326 g/mol. The molecule has 0 aliphatic heterocycles. The number of benzene rings is 1. The van der Waals surface area contributed by atoms with Crippen molar-refractivity contribution < 1.29 is 4.79 Å². The number of imidazole rings is 1. The Hall–Kier alpha value is -2.66. The highest BCUT2D eigenvalue weighted by Gasteiger charge is 2.15. The highest BCUT2D eigenvalue weighted by molar-refractivity contribution is 6.33. The molecule has 2 aromatic heterocycles. The summed E-state index contributed by atoms with van der Waals surface area (Å²) >= 11 is 6.04. The van der Waals surface area contributed by atoms with Gasteiger partial charge in [0.05, 0.1) is 11.9 Å². The molecular weight excluding hydrogens is 312 g/mol. The largest absolute Gasteiger partial charge is 0.295 e. The zero-order valence-electron chi connectivity index (χ0n) is 12.7. The summed E-state index contributed by atoms with van der Waals surface area (Å²) in [7, 11) is 0. The number of amides is 1. The SMILES string of the molecule is Cc1ccn2c(C(=O)NN=Cc3ccccc3Cl)c(C)nc2c1. The average molecular weight is 327 g/mol. The Labute approximate surface area is 138 Å². The molecule has 0 atom stereocenters. The number of pyridine rings is 1. The molecule has 1 amide bonds. The van der Waals surface area contributed by atoms with Crippen molar-refractivity contribution in [1.82, 2.24) is 14.8 Å². The first-order valence-corrected chi connectivity index (χ1v) is 7.47. The second-order valence-electron chi connectivity index (χ2n) is 5.20. The second kappa shape index (κ2) is 6.22. The van der Waals surface area contributed by atoms with Gasteiger partial charge < -0.3 is 0 Å². The fraction of sp³-hybridized carbons (Fsp3) is 0.118. The lowest BCUT2D eigenvalue weighted by atomic mass is 10.2. The van der Waals surface area contributed by atoms with Crippen molar-refractivity contribution in [3.05, 3.63) is 70.1 Å². The maximum atomic E-state index is 12.4. The minimum Gasteiger partial charge on any atom is -0.295 e. The number of carbonyl (C=O) groups is 1. The van der Waals surface area contributed by atoms with E-state index >= 15 is 0 Å². The smallest absolute Gasteiger partial charge is 0.290 e. The van der Waals surface area contributed by atoms with E-state index in [-0.39, 0.29) is 5.91 Å². The van der Waals surface area contributed by atoms with Gasteiger partial charge in [-0.15, -0.1) is 0 Å². The van der Waals surface area contributed by atoms with Crippen LogP contribution in [0.2, 0.25) is 5.02 Å². The minimum atomic E-state index is -0.317. The van der Waals surface area contributed by atoms with Gasteiger partial charge in [-0.3, -0.25) is 9.20 Å². The van der Waals surface area contributed by atoms with Crippen molar-refractivity contribution in [2.24, 2.45) is 5.10 Å². The molecule has 0 fully saturated rings. The van der Waals surface area contributed by atoms with E-state index in [1.54, 1.807) is 17.4 Å². The number of hydrazone groups is 1. The van der Waals surface area contributed by atoms with E-state index in [1.807, 2.05) is 43.5 Å². The van der Waals surface area contributed by atoms with Gasteiger partial charge in [0, 0.05) is 16.8 Å². The zero-order chi connectivity index (χ0) is 16.4. The van der Waals surface area contributed by atoms with E-state index in [9.17, 15) is 4.79 Å². The summed E-state index contributed by atoms with van der Waals surface area (Å²) in [5.74, 6) is -0.317. The maximum Gasteiger partial charge on any atom is 0.290 e. The molecular formula is C17H15ClN4O. The standard InChI is InChI=1S/C17H15ClN4O/c1-11-7-8-22-15(9-11)20-12(2)16(22)17(23)21-19-10-13-5-3-4-6-14(13)18/h3-10H,1-2H3,(H,21,23). The Kier molecular flexibility index (Phi) is 4.12. The molecule has 0 radical (unpaired) electrons. The minimum absolute atomic E-state index is 0.317. The molecule has 2 heterocycles. The van der Waals surface area contributed by atoms with Crippen molar-refractivity contribution in [3.63, 3.8) is 0 Å². The van der Waals surface area contributed by atoms with Crippen LogP contribution in [0.25, 0.3) is 5.65 Å². The van der Waals surface area contributed by atoms with Crippen molar-refractivity contribution in [1.29, 1.82) is 0 Å². The van der Waals surface area contributed by atoms with Gasteiger partial charge in [0.2, 0.25) is 0 Å².